The van der Waals surface area contributed by atoms with Gasteiger partial charge in [0.2, 0.25) is 5.95 Å². The number of thiophene rings is 2. The van der Waals surface area contributed by atoms with Gasteiger partial charge in [0.15, 0.2) is 17.5 Å². The first-order chi connectivity index (χ1) is 20.8. The lowest BCUT2D eigenvalue weighted by atomic mass is 9.66. The third kappa shape index (κ3) is 3.14. The Labute approximate surface area is 248 Å². The molecule has 198 valence electrons. The van der Waals surface area contributed by atoms with Crippen molar-refractivity contribution in [3.8, 4) is 32.7 Å². The summed E-state index contributed by atoms with van der Waals surface area (Å²) in [6.07, 6.45) is 3.53. The summed E-state index contributed by atoms with van der Waals surface area (Å²) in [4.78, 5) is 24.1. The summed E-state index contributed by atoms with van der Waals surface area (Å²) in [6, 6.07) is 30.8. The molecule has 9 rings (SSSR count). The SMILES string of the molecule is c1ccc(-c2nc(-c3ccccn3)nc(N3c4ccccc4C4(c5ccnnc53)c3ccsc3-c3sccc34)n2)cc1. The van der Waals surface area contributed by atoms with Gasteiger partial charge in [0, 0.05) is 27.1 Å². The molecule has 1 spiro atoms. The standard InChI is InChI=1S/C33H19N7S2/c1-2-8-20(9-3-1)29-36-30(25-11-6-7-16-34-25)38-32(37-29)40-26-12-5-4-10-21(26)33(24-13-17-35-39-31(24)40)22-14-18-41-27(22)28-23(33)15-19-42-28/h1-19H. The quantitative estimate of drug-likeness (QED) is 0.213. The number of aromatic nitrogens is 6. The van der Waals surface area contributed by atoms with Crippen LogP contribution in [-0.4, -0.2) is 30.1 Å². The Morgan fingerprint density at radius 1 is 0.595 bits per heavy atom. The lowest BCUT2D eigenvalue weighted by Gasteiger charge is -2.42. The Hall–Kier alpha value is -5.12. The number of fused-ring (bicyclic) bond motifs is 9. The first kappa shape index (κ1) is 23.6. The molecule has 0 radical (unpaired) electrons. The molecule has 6 heterocycles. The fourth-order valence-corrected chi connectivity index (χ4v) is 8.41. The average molecular weight is 578 g/mol. The van der Waals surface area contributed by atoms with E-state index in [1.165, 1.54) is 20.9 Å². The summed E-state index contributed by atoms with van der Waals surface area (Å²) >= 11 is 3.59. The molecule has 7 nitrogen and oxygen atoms in total. The Bertz CT molecular complexity index is 1970. The van der Waals surface area contributed by atoms with Crippen LogP contribution < -0.4 is 4.90 Å². The van der Waals surface area contributed by atoms with Gasteiger partial charge in [0.25, 0.3) is 0 Å². The molecular formula is C33H19N7S2. The molecule has 0 atom stereocenters. The van der Waals surface area contributed by atoms with Crippen LogP contribution in [0.15, 0.2) is 114 Å². The van der Waals surface area contributed by atoms with Crippen LogP contribution in [0.3, 0.4) is 0 Å². The van der Waals surface area contributed by atoms with Crippen LogP contribution in [0.25, 0.3) is 32.7 Å². The molecule has 0 amide bonds. The summed E-state index contributed by atoms with van der Waals surface area (Å²) in [6.45, 7) is 0. The maximum atomic E-state index is 5.05. The van der Waals surface area contributed by atoms with Crippen molar-refractivity contribution < 1.29 is 0 Å². The molecular weight excluding hydrogens is 559 g/mol. The summed E-state index contributed by atoms with van der Waals surface area (Å²) in [5.41, 5.74) is 6.77. The number of anilines is 3. The molecule has 2 aliphatic rings. The summed E-state index contributed by atoms with van der Waals surface area (Å²) in [7, 11) is 0. The maximum absolute atomic E-state index is 5.05. The van der Waals surface area contributed by atoms with Gasteiger partial charge in [-0.05, 0) is 63.8 Å². The van der Waals surface area contributed by atoms with Crippen molar-refractivity contribution in [1.29, 1.82) is 0 Å². The van der Waals surface area contributed by atoms with Crippen LogP contribution in [0, 0.1) is 0 Å². The summed E-state index contributed by atoms with van der Waals surface area (Å²) < 4.78 is 0. The minimum Gasteiger partial charge on any atom is -0.261 e. The molecule has 0 bridgehead atoms. The van der Waals surface area contributed by atoms with Gasteiger partial charge in [0.05, 0.1) is 17.3 Å². The van der Waals surface area contributed by atoms with Crippen LogP contribution in [0.2, 0.25) is 0 Å². The lowest BCUT2D eigenvalue weighted by Crippen LogP contribution is -2.37. The Morgan fingerprint density at radius 2 is 1.33 bits per heavy atom. The minimum absolute atomic E-state index is 0.461. The zero-order valence-electron chi connectivity index (χ0n) is 21.9. The predicted molar refractivity (Wildman–Crippen MR) is 165 cm³/mol. The van der Waals surface area contributed by atoms with Crippen LogP contribution in [-0.2, 0) is 5.41 Å². The monoisotopic (exact) mass is 577 g/mol. The van der Waals surface area contributed by atoms with E-state index in [1.54, 1.807) is 35.1 Å². The third-order valence-electron chi connectivity index (χ3n) is 7.96. The van der Waals surface area contributed by atoms with Crippen molar-refractivity contribution in [3.05, 3.63) is 136 Å². The smallest absolute Gasteiger partial charge is 0.240 e. The largest absolute Gasteiger partial charge is 0.261 e. The van der Waals surface area contributed by atoms with Crippen molar-refractivity contribution in [3.63, 3.8) is 0 Å². The van der Waals surface area contributed by atoms with Gasteiger partial charge in [-0.1, -0.05) is 54.6 Å². The number of pyridine rings is 1. The molecule has 7 aromatic rings. The van der Waals surface area contributed by atoms with Gasteiger partial charge in [-0.25, -0.2) is 4.98 Å². The van der Waals surface area contributed by atoms with Crippen molar-refractivity contribution >= 4 is 40.1 Å². The molecule has 42 heavy (non-hydrogen) atoms. The van der Waals surface area contributed by atoms with Gasteiger partial charge in [-0.15, -0.1) is 27.8 Å². The number of hydrogen-bond donors (Lipinski definition) is 0. The van der Waals surface area contributed by atoms with Gasteiger partial charge in [0.1, 0.15) is 5.69 Å². The molecule has 2 aromatic carbocycles. The van der Waals surface area contributed by atoms with Crippen molar-refractivity contribution in [2.75, 3.05) is 4.90 Å². The highest BCUT2D eigenvalue weighted by Gasteiger charge is 2.54. The van der Waals surface area contributed by atoms with E-state index in [-0.39, 0.29) is 0 Å². The first-order valence-corrected chi connectivity index (χ1v) is 15.2. The predicted octanol–water partition coefficient (Wildman–Crippen LogP) is 7.66. The third-order valence-corrected chi connectivity index (χ3v) is 9.95. The molecule has 0 N–H and O–H groups in total. The minimum atomic E-state index is -0.512. The van der Waals surface area contributed by atoms with E-state index < -0.39 is 5.41 Å². The van der Waals surface area contributed by atoms with Gasteiger partial charge < -0.3 is 0 Å². The zero-order valence-corrected chi connectivity index (χ0v) is 23.5. The molecule has 0 saturated heterocycles. The lowest BCUT2D eigenvalue weighted by molar-refractivity contribution is 0.733. The van der Waals surface area contributed by atoms with E-state index in [1.807, 2.05) is 53.4 Å². The fraction of sp³-hybridized carbons (Fsp3) is 0.0303. The topological polar surface area (TPSA) is 80.6 Å². The number of nitrogens with zero attached hydrogens (tertiary/aromatic N) is 7. The van der Waals surface area contributed by atoms with Crippen LogP contribution >= 0.6 is 22.7 Å². The highest BCUT2D eigenvalue weighted by Crippen LogP contribution is 2.64. The van der Waals surface area contributed by atoms with E-state index >= 15 is 0 Å². The number of benzene rings is 2. The Kier molecular flexibility index (Phi) is 5.02. The van der Waals surface area contributed by atoms with Crippen LogP contribution in [0.4, 0.5) is 17.5 Å². The molecule has 5 aromatic heterocycles. The molecule has 0 fully saturated rings. The van der Waals surface area contributed by atoms with Crippen LogP contribution in [0.1, 0.15) is 22.3 Å². The van der Waals surface area contributed by atoms with Gasteiger partial charge in [-0.2, -0.15) is 15.1 Å². The highest BCUT2D eigenvalue weighted by molar-refractivity contribution is 7.21. The highest BCUT2D eigenvalue weighted by atomic mass is 32.1. The summed E-state index contributed by atoms with van der Waals surface area (Å²) in [5.74, 6) is 2.21. The molecule has 9 heteroatoms. The number of para-hydroxylation sites is 1. The van der Waals surface area contributed by atoms with Crippen molar-refractivity contribution in [1.82, 2.24) is 30.1 Å². The van der Waals surface area contributed by atoms with E-state index in [4.69, 9.17) is 20.1 Å². The second-order valence-electron chi connectivity index (χ2n) is 10.1. The van der Waals surface area contributed by atoms with Crippen molar-refractivity contribution in [2.24, 2.45) is 0 Å². The molecule has 0 saturated carbocycles. The number of hydrogen-bond acceptors (Lipinski definition) is 9. The fourth-order valence-electron chi connectivity index (χ4n) is 6.31. The molecule has 1 aliphatic heterocycles. The van der Waals surface area contributed by atoms with Gasteiger partial charge in [-0.3, -0.25) is 9.88 Å². The van der Waals surface area contributed by atoms with E-state index in [2.05, 4.69) is 63.3 Å². The van der Waals surface area contributed by atoms with E-state index in [0.717, 1.165) is 22.4 Å². The van der Waals surface area contributed by atoms with Gasteiger partial charge >= 0.3 is 0 Å². The van der Waals surface area contributed by atoms with Crippen LogP contribution in [0.5, 0.6) is 0 Å². The first-order valence-electron chi connectivity index (χ1n) is 13.4. The second kappa shape index (κ2) is 8.94. The normalized spacial score (nSPS) is 13.9. The summed E-state index contributed by atoms with van der Waals surface area (Å²) in [5, 5.41) is 13.5. The van der Waals surface area contributed by atoms with Crippen molar-refractivity contribution in [2.45, 2.75) is 5.41 Å². The average Bonchev–Trinajstić information content (AvgIpc) is 3.79. The number of rotatable bonds is 3. The maximum Gasteiger partial charge on any atom is 0.240 e. The molecule has 1 aliphatic carbocycles. The second-order valence-corrected chi connectivity index (χ2v) is 11.9. The molecule has 0 unspecified atom stereocenters. The zero-order chi connectivity index (χ0) is 27.7. The Morgan fingerprint density at radius 3 is 2.12 bits per heavy atom. The van der Waals surface area contributed by atoms with E-state index in [0.29, 0.717) is 29.1 Å². The van der Waals surface area contributed by atoms with E-state index in [9.17, 15) is 0 Å². The Balaban J connectivity index is 1.35.